The molecule has 1 N–H and O–H groups in total. The monoisotopic (exact) mass is 286 g/mol. The van der Waals surface area contributed by atoms with Crippen molar-refractivity contribution in [3.05, 3.63) is 36.3 Å². The van der Waals surface area contributed by atoms with Gasteiger partial charge < -0.3 is 10.1 Å². The van der Waals surface area contributed by atoms with Gasteiger partial charge in [-0.25, -0.2) is 0 Å². The number of hydrogen-bond donors (Lipinski definition) is 1. The van der Waals surface area contributed by atoms with Crippen LogP contribution in [0.15, 0.2) is 30.7 Å². The number of nitrogens with one attached hydrogen (secondary N) is 1. The number of fused-ring (bicyclic) bond motifs is 1. The lowest BCUT2D eigenvalue weighted by molar-refractivity contribution is 0.0383. The number of ether oxygens (including phenoxy) is 1. The van der Waals surface area contributed by atoms with E-state index in [0.29, 0.717) is 17.6 Å². The maximum absolute atomic E-state index is 12.3. The number of carbonyl (C=O) groups is 1. The zero-order chi connectivity index (χ0) is 14.5. The third-order valence-electron chi connectivity index (χ3n) is 3.57. The summed E-state index contributed by atoms with van der Waals surface area (Å²) in [4.78, 5) is 22.9. The number of rotatable bonds is 4. The van der Waals surface area contributed by atoms with Crippen molar-refractivity contribution in [3.63, 3.8) is 0 Å². The molecule has 1 amide bonds. The lowest BCUT2D eigenvalue weighted by Gasteiger charge is -2.26. The molecule has 6 heteroatoms. The fourth-order valence-electron chi connectivity index (χ4n) is 2.41. The molecular formula is C15H18N4O2. The summed E-state index contributed by atoms with van der Waals surface area (Å²) in [6.45, 7) is 4.83. The Balaban J connectivity index is 1.61. The van der Waals surface area contributed by atoms with Crippen molar-refractivity contribution in [1.29, 1.82) is 0 Å². The standard InChI is InChI=1S/C15H18N4O2/c20-15(18-4-5-19-6-8-21-9-7-19)13-11-16-10-12-2-1-3-17-14(12)13/h1-3,10-11H,4-9H2,(H,18,20). The van der Waals surface area contributed by atoms with Crippen molar-refractivity contribution in [3.8, 4) is 0 Å². The predicted octanol–water partition coefficient (Wildman–Crippen LogP) is 0.692. The van der Waals surface area contributed by atoms with Crippen LogP contribution in [0.1, 0.15) is 10.4 Å². The average Bonchev–Trinajstić information content (AvgIpc) is 2.55. The highest BCUT2D eigenvalue weighted by atomic mass is 16.5. The number of aromatic nitrogens is 2. The summed E-state index contributed by atoms with van der Waals surface area (Å²) in [7, 11) is 0. The van der Waals surface area contributed by atoms with Crippen LogP contribution in [0.2, 0.25) is 0 Å². The lowest BCUT2D eigenvalue weighted by atomic mass is 10.2. The molecule has 0 aliphatic carbocycles. The molecule has 0 aromatic carbocycles. The molecule has 0 atom stereocenters. The molecule has 3 heterocycles. The molecule has 1 fully saturated rings. The first kappa shape index (κ1) is 13.9. The van der Waals surface area contributed by atoms with Gasteiger partial charge in [-0.05, 0) is 12.1 Å². The van der Waals surface area contributed by atoms with Crippen LogP contribution < -0.4 is 5.32 Å². The van der Waals surface area contributed by atoms with Gasteiger partial charge in [0.1, 0.15) is 0 Å². The number of nitrogens with zero attached hydrogens (tertiary/aromatic N) is 3. The third-order valence-corrected chi connectivity index (χ3v) is 3.57. The molecule has 1 saturated heterocycles. The molecule has 2 aromatic heterocycles. The minimum Gasteiger partial charge on any atom is -0.379 e. The molecule has 0 unspecified atom stereocenters. The molecule has 0 radical (unpaired) electrons. The van der Waals surface area contributed by atoms with Crippen molar-refractivity contribution in [2.75, 3.05) is 39.4 Å². The summed E-state index contributed by atoms with van der Waals surface area (Å²) in [6, 6.07) is 3.74. The van der Waals surface area contributed by atoms with E-state index in [2.05, 4.69) is 20.2 Å². The second-order valence-corrected chi connectivity index (χ2v) is 4.97. The molecule has 0 saturated carbocycles. The van der Waals surface area contributed by atoms with Crippen molar-refractivity contribution in [1.82, 2.24) is 20.2 Å². The van der Waals surface area contributed by atoms with E-state index in [9.17, 15) is 4.79 Å². The topological polar surface area (TPSA) is 67.4 Å². The maximum atomic E-state index is 12.3. The number of hydrogen-bond acceptors (Lipinski definition) is 5. The van der Waals surface area contributed by atoms with Gasteiger partial charge in [0.25, 0.3) is 5.91 Å². The van der Waals surface area contributed by atoms with E-state index in [1.54, 1.807) is 18.6 Å². The third kappa shape index (κ3) is 3.34. The SMILES string of the molecule is O=C(NCCN1CCOCC1)c1cncc2cccnc12. The molecule has 21 heavy (non-hydrogen) atoms. The van der Waals surface area contributed by atoms with Gasteiger partial charge in [0.2, 0.25) is 0 Å². The van der Waals surface area contributed by atoms with Crippen LogP contribution in [-0.2, 0) is 4.74 Å². The highest BCUT2D eigenvalue weighted by molar-refractivity contribution is 6.04. The van der Waals surface area contributed by atoms with Gasteiger partial charge >= 0.3 is 0 Å². The minimum atomic E-state index is -0.125. The average molecular weight is 286 g/mol. The van der Waals surface area contributed by atoms with E-state index >= 15 is 0 Å². The van der Waals surface area contributed by atoms with Crippen LogP contribution in [0.25, 0.3) is 10.9 Å². The van der Waals surface area contributed by atoms with E-state index < -0.39 is 0 Å². The molecule has 3 rings (SSSR count). The van der Waals surface area contributed by atoms with E-state index in [1.807, 2.05) is 12.1 Å². The van der Waals surface area contributed by atoms with Gasteiger partial charge in [-0.15, -0.1) is 0 Å². The van der Waals surface area contributed by atoms with Crippen molar-refractivity contribution in [2.45, 2.75) is 0 Å². The molecule has 1 aliphatic rings. The predicted molar refractivity (Wildman–Crippen MR) is 79.1 cm³/mol. The highest BCUT2D eigenvalue weighted by Crippen LogP contribution is 2.13. The zero-order valence-corrected chi connectivity index (χ0v) is 11.8. The molecule has 6 nitrogen and oxygen atoms in total. The summed E-state index contributed by atoms with van der Waals surface area (Å²) >= 11 is 0. The highest BCUT2D eigenvalue weighted by Gasteiger charge is 2.13. The zero-order valence-electron chi connectivity index (χ0n) is 11.8. The second-order valence-electron chi connectivity index (χ2n) is 4.97. The molecular weight excluding hydrogens is 268 g/mol. The van der Waals surface area contributed by atoms with Gasteiger partial charge in [-0.3, -0.25) is 19.7 Å². The smallest absolute Gasteiger partial charge is 0.255 e. The molecule has 0 bridgehead atoms. The number of carbonyl (C=O) groups excluding carboxylic acids is 1. The minimum absolute atomic E-state index is 0.125. The van der Waals surface area contributed by atoms with Gasteiger partial charge in [0, 0.05) is 50.2 Å². The van der Waals surface area contributed by atoms with Crippen LogP contribution in [0.3, 0.4) is 0 Å². The Labute approximate surface area is 123 Å². The second kappa shape index (κ2) is 6.60. The van der Waals surface area contributed by atoms with E-state index in [1.165, 1.54) is 0 Å². The van der Waals surface area contributed by atoms with Crippen LogP contribution >= 0.6 is 0 Å². The molecule has 1 aliphatic heterocycles. The molecule has 0 spiro atoms. The molecule has 2 aromatic rings. The largest absolute Gasteiger partial charge is 0.379 e. The van der Waals surface area contributed by atoms with Gasteiger partial charge in [0.05, 0.1) is 24.3 Å². The fourth-order valence-corrected chi connectivity index (χ4v) is 2.41. The van der Waals surface area contributed by atoms with Crippen LogP contribution in [0.4, 0.5) is 0 Å². The Morgan fingerprint density at radius 2 is 2.19 bits per heavy atom. The normalized spacial score (nSPS) is 16.0. The summed E-state index contributed by atoms with van der Waals surface area (Å²) < 4.78 is 5.30. The van der Waals surface area contributed by atoms with Crippen molar-refractivity contribution < 1.29 is 9.53 Å². The first-order valence-corrected chi connectivity index (χ1v) is 7.11. The van der Waals surface area contributed by atoms with Crippen LogP contribution in [-0.4, -0.2) is 60.2 Å². The Hall–Kier alpha value is -2.05. The van der Waals surface area contributed by atoms with Gasteiger partial charge in [0.15, 0.2) is 0 Å². The van der Waals surface area contributed by atoms with E-state index in [4.69, 9.17) is 4.74 Å². The van der Waals surface area contributed by atoms with Crippen LogP contribution in [0.5, 0.6) is 0 Å². The van der Waals surface area contributed by atoms with Crippen molar-refractivity contribution >= 4 is 16.8 Å². The maximum Gasteiger partial charge on any atom is 0.255 e. The van der Waals surface area contributed by atoms with Crippen molar-refractivity contribution in [2.24, 2.45) is 0 Å². The number of morpholine rings is 1. The fraction of sp³-hybridized carbons (Fsp3) is 0.400. The Morgan fingerprint density at radius 3 is 3.05 bits per heavy atom. The Kier molecular flexibility index (Phi) is 4.37. The van der Waals surface area contributed by atoms with Gasteiger partial charge in [-0.1, -0.05) is 0 Å². The molecule has 110 valence electrons. The Morgan fingerprint density at radius 1 is 1.33 bits per heavy atom. The van der Waals surface area contributed by atoms with E-state index in [-0.39, 0.29) is 5.91 Å². The first-order valence-electron chi connectivity index (χ1n) is 7.11. The number of pyridine rings is 2. The summed E-state index contributed by atoms with van der Waals surface area (Å²) in [5.74, 6) is -0.125. The quantitative estimate of drug-likeness (QED) is 0.896. The summed E-state index contributed by atoms with van der Waals surface area (Å²) in [6.07, 6.45) is 4.97. The Bertz CT molecular complexity index is 621. The van der Waals surface area contributed by atoms with E-state index in [0.717, 1.165) is 38.2 Å². The van der Waals surface area contributed by atoms with Gasteiger partial charge in [-0.2, -0.15) is 0 Å². The summed E-state index contributed by atoms with van der Waals surface area (Å²) in [5.41, 5.74) is 1.21. The summed E-state index contributed by atoms with van der Waals surface area (Å²) in [5, 5.41) is 3.81. The van der Waals surface area contributed by atoms with Crippen LogP contribution in [0, 0.1) is 0 Å². The lowest BCUT2D eigenvalue weighted by Crippen LogP contribution is -2.41. The first-order chi connectivity index (χ1) is 10.3. The number of amides is 1.